The summed E-state index contributed by atoms with van der Waals surface area (Å²) in [5, 5.41) is 0. The Morgan fingerprint density at radius 2 is 2.00 bits per heavy atom. The van der Waals surface area contributed by atoms with Crippen LogP contribution in [0, 0.1) is 12.8 Å². The van der Waals surface area contributed by atoms with E-state index in [4.69, 9.17) is 14.2 Å². The largest absolute Gasteiger partial charge is 0.364 e. The van der Waals surface area contributed by atoms with Crippen LogP contribution in [0.2, 0.25) is 0 Å². The zero-order valence-electron chi connectivity index (χ0n) is 15.6. The molecular formula is C18H28N2O5. The fourth-order valence-electron chi connectivity index (χ4n) is 3.30. The number of hydrogen-bond donors (Lipinski definition) is 1. The van der Waals surface area contributed by atoms with Gasteiger partial charge in [0, 0.05) is 44.2 Å². The van der Waals surface area contributed by atoms with Crippen molar-refractivity contribution in [3.8, 4) is 0 Å². The highest BCUT2D eigenvalue weighted by molar-refractivity contribution is 5.93. The van der Waals surface area contributed by atoms with Gasteiger partial charge in [0.05, 0.1) is 6.04 Å². The summed E-state index contributed by atoms with van der Waals surface area (Å²) in [6, 6.07) is 1.39. The van der Waals surface area contributed by atoms with E-state index in [1.165, 1.54) is 13.2 Å². The number of β-lactam (4-membered cyclic amide) rings is 1. The molecule has 1 aliphatic heterocycles. The molecule has 1 N–H and O–H groups in total. The van der Waals surface area contributed by atoms with Crippen molar-refractivity contribution in [2.45, 2.75) is 45.3 Å². The van der Waals surface area contributed by atoms with Crippen molar-refractivity contribution in [2.24, 2.45) is 5.92 Å². The van der Waals surface area contributed by atoms with Crippen LogP contribution in [0.25, 0.3) is 0 Å². The van der Waals surface area contributed by atoms with Crippen LogP contribution in [0.4, 0.5) is 0 Å². The van der Waals surface area contributed by atoms with E-state index >= 15 is 0 Å². The molecule has 2 heterocycles. The minimum absolute atomic E-state index is 0.0112. The number of aromatic amines is 1. The van der Waals surface area contributed by atoms with Crippen LogP contribution in [0.5, 0.6) is 0 Å². The Morgan fingerprint density at radius 3 is 2.56 bits per heavy atom. The number of aromatic nitrogens is 1. The number of hydrogen-bond acceptors (Lipinski definition) is 5. The van der Waals surface area contributed by atoms with E-state index in [1.54, 1.807) is 25.1 Å². The maximum atomic E-state index is 12.9. The highest BCUT2D eigenvalue weighted by atomic mass is 16.7. The second-order valence-corrected chi connectivity index (χ2v) is 6.96. The molecule has 0 aromatic carbocycles. The molecule has 1 aromatic heterocycles. The lowest BCUT2D eigenvalue weighted by Gasteiger charge is -2.55. The van der Waals surface area contributed by atoms with Crippen LogP contribution in [-0.4, -0.2) is 55.2 Å². The van der Waals surface area contributed by atoms with Gasteiger partial charge >= 0.3 is 0 Å². The molecule has 0 bridgehead atoms. The quantitative estimate of drug-likeness (QED) is 0.537. The van der Waals surface area contributed by atoms with E-state index in [1.807, 2.05) is 0 Å². The SMILES string of the molecule is COCOC1(Cc2cc(=O)c(C)c[nH]2)C(=O)N(COC)[C@H]1CC(C)C. The second-order valence-electron chi connectivity index (χ2n) is 6.96. The Kier molecular flexibility index (Phi) is 6.37. The second kappa shape index (κ2) is 8.12. The normalized spacial score (nSPS) is 23.2. The molecule has 0 aliphatic carbocycles. The summed E-state index contributed by atoms with van der Waals surface area (Å²) in [6.07, 6.45) is 2.73. The van der Waals surface area contributed by atoms with Gasteiger partial charge in [-0.15, -0.1) is 0 Å². The van der Waals surface area contributed by atoms with Crippen LogP contribution < -0.4 is 5.43 Å². The first kappa shape index (κ1) is 19.6. The van der Waals surface area contributed by atoms with E-state index in [2.05, 4.69) is 18.8 Å². The Morgan fingerprint density at radius 1 is 1.28 bits per heavy atom. The number of aryl methyl sites for hydroxylation is 1. The molecule has 1 aromatic rings. The average molecular weight is 352 g/mol. The third-order valence-electron chi connectivity index (χ3n) is 4.56. The number of rotatable bonds is 9. The van der Waals surface area contributed by atoms with E-state index in [9.17, 15) is 9.59 Å². The third-order valence-corrected chi connectivity index (χ3v) is 4.56. The molecule has 0 spiro atoms. The Hall–Kier alpha value is -1.70. The fraction of sp³-hybridized carbons (Fsp3) is 0.667. The van der Waals surface area contributed by atoms with Gasteiger partial charge in [0.25, 0.3) is 5.91 Å². The predicted molar refractivity (Wildman–Crippen MR) is 93.2 cm³/mol. The number of ether oxygens (including phenoxy) is 3. The van der Waals surface area contributed by atoms with Crippen molar-refractivity contribution in [3.05, 3.63) is 33.7 Å². The number of nitrogens with zero attached hydrogens (tertiary/aromatic N) is 1. The molecule has 1 fully saturated rings. The number of carbonyl (C=O) groups is 1. The predicted octanol–water partition coefficient (Wildman–Crippen LogP) is 1.45. The zero-order valence-corrected chi connectivity index (χ0v) is 15.6. The van der Waals surface area contributed by atoms with Crippen LogP contribution >= 0.6 is 0 Å². The first-order valence-electron chi connectivity index (χ1n) is 8.46. The monoisotopic (exact) mass is 352 g/mol. The van der Waals surface area contributed by atoms with Crippen molar-refractivity contribution in [1.29, 1.82) is 0 Å². The fourth-order valence-corrected chi connectivity index (χ4v) is 3.30. The van der Waals surface area contributed by atoms with Gasteiger partial charge in [0.2, 0.25) is 0 Å². The van der Waals surface area contributed by atoms with Crippen molar-refractivity contribution in [2.75, 3.05) is 27.7 Å². The first-order valence-corrected chi connectivity index (χ1v) is 8.46. The molecule has 1 unspecified atom stereocenters. The number of methoxy groups -OCH3 is 2. The molecule has 25 heavy (non-hydrogen) atoms. The highest BCUT2D eigenvalue weighted by Crippen LogP contribution is 2.40. The Balaban J connectivity index is 2.35. The van der Waals surface area contributed by atoms with Gasteiger partial charge in [0.15, 0.2) is 11.0 Å². The van der Waals surface area contributed by atoms with Gasteiger partial charge in [-0.1, -0.05) is 13.8 Å². The van der Waals surface area contributed by atoms with Crippen LogP contribution in [0.1, 0.15) is 31.5 Å². The topological polar surface area (TPSA) is 80.9 Å². The summed E-state index contributed by atoms with van der Waals surface area (Å²) in [4.78, 5) is 29.6. The maximum absolute atomic E-state index is 12.9. The number of carbonyl (C=O) groups excluding carboxylic acids is 1. The average Bonchev–Trinajstić information content (AvgIpc) is 2.57. The minimum Gasteiger partial charge on any atom is -0.364 e. The highest BCUT2D eigenvalue weighted by Gasteiger charge is 2.61. The van der Waals surface area contributed by atoms with E-state index < -0.39 is 5.60 Å². The molecule has 1 saturated heterocycles. The molecule has 0 saturated carbocycles. The lowest BCUT2D eigenvalue weighted by atomic mass is 9.75. The summed E-state index contributed by atoms with van der Waals surface area (Å²) in [5.41, 5.74) is 0.203. The van der Waals surface area contributed by atoms with E-state index in [0.717, 1.165) is 6.42 Å². The first-order chi connectivity index (χ1) is 11.9. The van der Waals surface area contributed by atoms with Crippen LogP contribution in [0.3, 0.4) is 0 Å². The van der Waals surface area contributed by atoms with Crippen molar-refractivity contribution in [1.82, 2.24) is 9.88 Å². The van der Waals surface area contributed by atoms with Crippen molar-refractivity contribution >= 4 is 5.91 Å². The van der Waals surface area contributed by atoms with Gasteiger partial charge in [-0.25, -0.2) is 0 Å². The van der Waals surface area contributed by atoms with Crippen molar-refractivity contribution < 1.29 is 19.0 Å². The number of amides is 1. The van der Waals surface area contributed by atoms with Gasteiger partial charge in [-0.3, -0.25) is 9.59 Å². The van der Waals surface area contributed by atoms with Crippen molar-refractivity contribution in [3.63, 3.8) is 0 Å². The molecule has 7 nitrogen and oxygen atoms in total. The summed E-state index contributed by atoms with van der Waals surface area (Å²) >= 11 is 0. The molecule has 1 aliphatic rings. The summed E-state index contributed by atoms with van der Waals surface area (Å²) < 4.78 is 16.1. The van der Waals surface area contributed by atoms with Crippen LogP contribution in [0.15, 0.2) is 17.1 Å². The number of pyridine rings is 1. The van der Waals surface area contributed by atoms with E-state index in [0.29, 0.717) is 23.6 Å². The number of H-pyrrole nitrogens is 1. The maximum Gasteiger partial charge on any atom is 0.259 e. The smallest absolute Gasteiger partial charge is 0.259 e. The van der Waals surface area contributed by atoms with Gasteiger partial charge < -0.3 is 24.1 Å². The van der Waals surface area contributed by atoms with Gasteiger partial charge in [-0.05, 0) is 19.3 Å². The molecule has 2 rings (SSSR count). The molecule has 2 atom stereocenters. The van der Waals surface area contributed by atoms with E-state index in [-0.39, 0.29) is 30.9 Å². The molecule has 140 valence electrons. The van der Waals surface area contributed by atoms with Crippen LogP contribution in [-0.2, 0) is 25.4 Å². The molecule has 0 radical (unpaired) electrons. The zero-order chi connectivity index (χ0) is 18.6. The summed E-state index contributed by atoms with van der Waals surface area (Å²) in [7, 11) is 3.09. The molecule has 7 heteroatoms. The lowest BCUT2D eigenvalue weighted by molar-refractivity contribution is -0.235. The summed E-state index contributed by atoms with van der Waals surface area (Å²) in [5.74, 6) is 0.235. The van der Waals surface area contributed by atoms with Gasteiger partial charge in [0.1, 0.15) is 13.5 Å². The number of nitrogens with one attached hydrogen (secondary N) is 1. The third kappa shape index (κ3) is 3.94. The molecule has 1 amide bonds. The Labute approximate surface area is 148 Å². The summed E-state index contributed by atoms with van der Waals surface area (Å²) in [6.45, 7) is 6.18. The minimum atomic E-state index is -1.04. The standard InChI is InChI=1S/C18H28N2O5/c1-12(2)6-16-18(25-11-24-5,17(22)20(16)10-23-4)8-14-7-15(21)13(3)9-19-14/h7,9,12,16H,6,8,10-11H2,1-5H3,(H,19,21)/t16-,18?/m0/s1. The van der Waals surface area contributed by atoms with Gasteiger partial charge in [-0.2, -0.15) is 0 Å². The molecular weight excluding hydrogens is 324 g/mol. The Bertz CT molecular complexity index is 657. The number of likely N-dealkylation sites (tertiary alicyclic amines) is 1. The lowest BCUT2D eigenvalue weighted by Crippen LogP contribution is -2.76.